The third-order valence-corrected chi connectivity index (χ3v) is 3.18. The van der Waals surface area contributed by atoms with Crippen LogP contribution in [0.25, 0.3) is 0 Å². The van der Waals surface area contributed by atoms with Crippen molar-refractivity contribution in [3.63, 3.8) is 0 Å². The van der Waals surface area contributed by atoms with Crippen LogP contribution in [-0.4, -0.2) is 19.1 Å². The number of rotatable bonds is 4. The number of para-hydroxylation sites is 1. The van der Waals surface area contributed by atoms with Crippen molar-refractivity contribution in [3.05, 3.63) is 54.2 Å². The summed E-state index contributed by atoms with van der Waals surface area (Å²) in [6.07, 6.45) is 1.81. The monoisotopic (exact) mass is 242 g/mol. The zero-order valence-electron chi connectivity index (χ0n) is 11.0. The van der Waals surface area contributed by atoms with Gasteiger partial charge in [-0.15, -0.1) is 0 Å². The van der Waals surface area contributed by atoms with E-state index in [2.05, 4.69) is 22.9 Å². The number of benzene rings is 1. The first-order valence-corrected chi connectivity index (χ1v) is 6.01. The second-order valence-corrected chi connectivity index (χ2v) is 4.22. The summed E-state index contributed by atoms with van der Waals surface area (Å²) in [6, 6.07) is 14.2. The molecule has 0 aliphatic rings. The predicted octanol–water partition coefficient (Wildman–Crippen LogP) is 3.29. The van der Waals surface area contributed by atoms with Crippen LogP contribution in [0.1, 0.15) is 18.5 Å². The van der Waals surface area contributed by atoms with E-state index in [0.717, 1.165) is 17.1 Å². The number of methoxy groups -OCH3 is 1. The molecule has 0 bridgehead atoms. The summed E-state index contributed by atoms with van der Waals surface area (Å²) >= 11 is 0. The van der Waals surface area contributed by atoms with Crippen LogP contribution in [0.2, 0.25) is 0 Å². The van der Waals surface area contributed by atoms with Gasteiger partial charge in [0.2, 0.25) is 0 Å². The van der Waals surface area contributed by atoms with E-state index in [-0.39, 0.29) is 6.04 Å². The molecular formula is C15H18N2O. The van der Waals surface area contributed by atoms with E-state index in [4.69, 9.17) is 4.74 Å². The Morgan fingerprint density at radius 2 is 1.83 bits per heavy atom. The molecule has 0 saturated carbocycles. The summed E-state index contributed by atoms with van der Waals surface area (Å²) in [5.74, 6) is 1.86. The second kappa shape index (κ2) is 5.54. The fourth-order valence-corrected chi connectivity index (χ4v) is 1.98. The first kappa shape index (κ1) is 12.4. The fraction of sp³-hybridized carbons (Fsp3) is 0.267. The highest BCUT2D eigenvalue weighted by atomic mass is 16.5. The Morgan fingerprint density at radius 3 is 2.50 bits per heavy atom. The summed E-state index contributed by atoms with van der Waals surface area (Å²) in [5.41, 5.74) is 1.16. The molecule has 0 radical (unpaired) electrons. The van der Waals surface area contributed by atoms with E-state index in [1.165, 1.54) is 0 Å². The maximum atomic E-state index is 5.41. The van der Waals surface area contributed by atoms with Gasteiger partial charge >= 0.3 is 0 Å². The third-order valence-electron chi connectivity index (χ3n) is 3.18. The smallest absolute Gasteiger partial charge is 0.128 e. The van der Waals surface area contributed by atoms with Gasteiger partial charge in [0.25, 0.3) is 0 Å². The number of hydrogen-bond donors (Lipinski definition) is 0. The standard InChI is InChI=1S/C15H18N2O/c1-12(13-8-4-5-9-14(13)18-3)17(2)15-10-6-7-11-16-15/h4-12H,1-3H3. The summed E-state index contributed by atoms with van der Waals surface area (Å²) < 4.78 is 5.41. The molecule has 1 heterocycles. The predicted molar refractivity (Wildman–Crippen MR) is 74.0 cm³/mol. The van der Waals surface area contributed by atoms with Crippen molar-refractivity contribution in [1.82, 2.24) is 4.98 Å². The molecule has 0 N–H and O–H groups in total. The molecule has 0 saturated heterocycles. The molecule has 1 unspecified atom stereocenters. The average Bonchev–Trinajstić information content (AvgIpc) is 2.46. The molecule has 3 heteroatoms. The molecule has 3 nitrogen and oxygen atoms in total. The maximum Gasteiger partial charge on any atom is 0.128 e. The molecule has 0 aliphatic carbocycles. The molecule has 2 rings (SSSR count). The lowest BCUT2D eigenvalue weighted by Gasteiger charge is -2.27. The average molecular weight is 242 g/mol. The normalized spacial score (nSPS) is 11.9. The van der Waals surface area contributed by atoms with Gasteiger partial charge in [0.15, 0.2) is 0 Å². The molecule has 1 atom stereocenters. The van der Waals surface area contributed by atoms with Crippen LogP contribution in [0.15, 0.2) is 48.7 Å². The van der Waals surface area contributed by atoms with E-state index < -0.39 is 0 Å². The minimum Gasteiger partial charge on any atom is -0.496 e. The molecule has 0 spiro atoms. The largest absolute Gasteiger partial charge is 0.496 e. The number of aromatic nitrogens is 1. The maximum absolute atomic E-state index is 5.41. The van der Waals surface area contributed by atoms with Crippen molar-refractivity contribution >= 4 is 5.82 Å². The lowest BCUT2D eigenvalue weighted by atomic mass is 10.1. The van der Waals surface area contributed by atoms with Crippen molar-refractivity contribution in [3.8, 4) is 5.75 Å². The van der Waals surface area contributed by atoms with Crippen molar-refractivity contribution in [2.24, 2.45) is 0 Å². The molecule has 0 fully saturated rings. The summed E-state index contributed by atoms with van der Waals surface area (Å²) in [7, 11) is 3.74. The van der Waals surface area contributed by atoms with Gasteiger partial charge in [-0.2, -0.15) is 0 Å². The van der Waals surface area contributed by atoms with Crippen LogP contribution in [0.5, 0.6) is 5.75 Å². The van der Waals surface area contributed by atoms with Crippen LogP contribution >= 0.6 is 0 Å². The highest BCUT2D eigenvalue weighted by Gasteiger charge is 2.16. The van der Waals surface area contributed by atoms with Crippen LogP contribution in [0, 0.1) is 0 Å². The van der Waals surface area contributed by atoms with Crippen molar-refractivity contribution in [2.75, 3.05) is 19.1 Å². The Bertz CT molecular complexity index is 499. The topological polar surface area (TPSA) is 25.4 Å². The Labute approximate surface area is 108 Å². The van der Waals surface area contributed by atoms with Crippen LogP contribution in [-0.2, 0) is 0 Å². The number of ether oxygens (including phenoxy) is 1. The van der Waals surface area contributed by atoms with E-state index >= 15 is 0 Å². The minimum atomic E-state index is 0.205. The van der Waals surface area contributed by atoms with Crippen LogP contribution in [0.3, 0.4) is 0 Å². The molecule has 1 aromatic carbocycles. The van der Waals surface area contributed by atoms with Gasteiger partial charge in [0.05, 0.1) is 13.2 Å². The van der Waals surface area contributed by atoms with E-state index in [9.17, 15) is 0 Å². The molecule has 18 heavy (non-hydrogen) atoms. The van der Waals surface area contributed by atoms with Crippen LogP contribution in [0.4, 0.5) is 5.82 Å². The quantitative estimate of drug-likeness (QED) is 0.822. The van der Waals surface area contributed by atoms with E-state index in [1.54, 1.807) is 13.3 Å². The molecule has 94 valence electrons. The highest BCUT2D eigenvalue weighted by molar-refractivity contribution is 5.44. The van der Waals surface area contributed by atoms with Crippen molar-refractivity contribution < 1.29 is 4.74 Å². The molecular weight excluding hydrogens is 224 g/mol. The molecule has 0 aliphatic heterocycles. The lowest BCUT2D eigenvalue weighted by molar-refractivity contribution is 0.406. The van der Waals surface area contributed by atoms with Crippen molar-refractivity contribution in [2.45, 2.75) is 13.0 Å². The number of pyridine rings is 1. The molecule has 0 amide bonds. The van der Waals surface area contributed by atoms with Gasteiger partial charge < -0.3 is 9.64 Å². The zero-order chi connectivity index (χ0) is 13.0. The molecule has 1 aromatic heterocycles. The van der Waals surface area contributed by atoms with Crippen molar-refractivity contribution in [1.29, 1.82) is 0 Å². The number of nitrogens with zero attached hydrogens (tertiary/aromatic N) is 2. The Balaban J connectivity index is 2.28. The summed E-state index contributed by atoms with van der Waals surface area (Å²) in [4.78, 5) is 6.50. The first-order chi connectivity index (χ1) is 8.74. The highest BCUT2D eigenvalue weighted by Crippen LogP contribution is 2.30. The number of anilines is 1. The Kier molecular flexibility index (Phi) is 3.82. The number of hydrogen-bond acceptors (Lipinski definition) is 3. The Hall–Kier alpha value is -2.03. The van der Waals surface area contributed by atoms with Crippen LogP contribution < -0.4 is 9.64 Å². The third kappa shape index (κ3) is 2.45. The van der Waals surface area contributed by atoms with Gasteiger partial charge in [-0.3, -0.25) is 0 Å². The van der Waals surface area contributed by atoms with Gasteiger partial charge in [-0.25, -0.2) is 4.98 Å². The fourth-order valence-electron chi connectivity index (χ4n) is 1.98. The lowest BCUT2D eigenvalue weighted by Crippen LogP contribution is -2.22. The van der Waals surface area contributed by atoms with E-state index in [1.807, 2.05) is 43.4 Å². The SMILES string of the molecule is COc1ccccc1C(C)N(C)c1ccccn1. The Morgan fingerprint density at radius 1 is 1.11 bits per heavy atom. The summed E-state index contributed by atoms with van der Waals surface area (Å²) in [6.45, 7) is 2.15. The van der Waals surface area contributed by atoms with E-state index in [0.29, 0.717) is 0 Å². The van der Waals surface area contributed by atoms with Gasteiger partial charge in [0.1, 0.15) is 11.6 Å². The zero-order valence-corrected chi connectivity index (χ0v) is 11.0. The van der Waals surface area contributed by atoms with Gasteiger partial charge in [-0.1, -0.05) is 24.3 Å². The second-order valence-electron chi connectivity index (χ2n) is 4.22. The van der Waals surface area contributed by atoms with Gasteiger partial charge in [-0.05, 0) is 25.1 Å². The first-order valence-electron chi connectivity index (χ1n) is 6.01. The minimum absolute atomic E-state index is 0.205. The summed E-state index contributed by atoms with van der Waals surface area (Å²) in [5, 5.41) is 0. The molecule has 2 aromatic rings. The van der Waals surface area contributed by atoms with Gasteiger partial charge in [0, 0.05) is 18.8 Å².